The second kappa shape index (κ2) is 6.82. The van der Waals surface area contributed by atoms with E-state index in [-0.39, 0.29) is 11.9 Å². The fraction of sp³-hybridized carbons (Fsp3) is 0.875. The molecule has 0 aliphatic carbocycles. The van der Waals surface area contributed by atoms with Gasteiger partial charge in [-0.25, -0.2) is 5.84 Å². The van der Waals surface area contributed by atoms with Gasteiger partial charge in [0.1, 0.15) is 0 Å². The molecule has 0 aromatic carbocycles. The Labute approximate surface area is 79.6 Å². The SMILES string of the molecule is CNCCN(C)C(C)CC(=O)NN. The van der Waals surface area contributed by atoms with E-state index in [1.54, 1.807) is 0 Å². The van der Waals surface area contributed by atoms with Crippen LogP contribution in [0.4, 0.5) is 0 Å². The third-order valence-corrected chi connectivity index (χ3v) is 2.11. The summed E-state index contributed by atoms with van der Waals surface area (Å²) in [7, 11) is 3.90. The van der Waals surface area contributed by atoms with Crippen LogP contribution in [-0.4, -0.2) is 44.0 Å². The Morgan fingerprint density at radius 3 is 2.69 bits per heavy atom. The van der Waals surface area contributed by atoms with Crippen LogP contribution in [0.15, 0.2) is 0 Å². The Bertz CT molecular complexity index is 151. The third-order valence-electron chi connectivity index (χ3n) is 2.11. The molecule has 0 saturated carbocycles. The van der Waals surface area contributed by atoms with Crippen LogP contribution in [-0.2, 0) is 4.79 Å². The van der Waals surface area contributed by atoms with Crippen LogP contribution in [0.5, 0.6) is 0 Å². The summed E-state index contributed by atoms with van der Waals surface area (Å²) < 4.78 is 0. The van der Waals surface area contributed by atoms with Gasteiger partial charge in [0.05, 0.1) is 0 Å². The number of rotatable bonds is 6. The first-order valence-corrected chi connectivity index (χ1v) is 4.46. The summed E-state index contributed by atoms with van der Waals surface area (Å²) >= 11 is 0. The highest BCUT2D eigenvalue weighted by molar-refractivity contribution is 5.75. The Kier molecular flexibility index (Phi) is 6.48. The van der Waals surface area contributed by atoms with Crippen molar-refractivity contribution in [1.82, 2.24) is 15.6 Å². The van der Waals surface area contributed by atoms with Gasteiger partial charge in [-0.05, 0) is 21.0 Å². The number of nitrogens with two attached hydrogens (primary N) is 1. The summed E-state index contributed by atoms with van der Waals surface area (Å²) in [6.07, 6.45) is 0.441. The number of likely N-dealkylation sites (N-methyl/N-ethyl adjacent to an activating group) is 2. The first-order valence-electron chi connectivity index (χ1n) is 4.46. The van der Waals surface area contributed by atoms with Gasteiger partial charge < -0.3 is 10.2 Å². The average Bonchev–Trinajstić information content (AvgIpc) is 2.13. The van der Waals surface area contributed by atoms with Crippen molar-refractivity contribution in [2.24, 2.45) is 5.84 Å². The van der Waals surface area contributed by atoms with Crippen LogP contribution < -0.4 is 16.6 Å². The highest BCUT2D eigenvalue weighted by Gasteiger charge is 2.11. The van der Waals surface area contributed by atoms with Crippen molar-refractivity contribution in [3.05, 3.63) is 0 Å². The number of amides is 1. The fourth-order valence-corrected chi connectivity index (χ4v) is 0.992. The number of nitrogens with zero attached hydrogens (tertiary/aromatic N) is 1. The Hall–Kier alpha value is -0.650. The molecule has 0 spiro atoms. The molecule has 0 saturated heterocycles. The molecule has 1 unspecified atom stereocenters. The van der Waals surface area contributed by atoms with Crippen molar-refractivity contribution in [3.8, 4) is 0 Å². The number of hydrogen-bond donors (Lipinski definition) is 3. The predicted octanol–water partition coefficient (Wildman–Crippen LogP) is -1.09. The lowest BCUT2D eigenvalue weighted by Crippen LogP contribution is -2.39. The quantitative estimate of drug-likeness (QED) is 0.281. The molecule has 0 rings (SSSR count). The van der Waals surface area contributed by atoms with Crippen molar-refractivity contribution < 1.29 is 4.79 Å². The lowest BCUT2D eigenvalue weighted by molar-refractivity contribution is -0.122. The molecule has 1 amide bonds. The van der Waals surface area contributed by atoms with Gasteiger partial charge >= 0.3 is 0 Å². The van der Waals surface area contributed by atoms with Gasteiger partial charge in [-0.1, -0.05) is 0 Å². The molecular formula is C8H20N4O. The van der Waals surface area contributed by atoms with Crippen LogP contribution >= 0.6 is 0 Å². The summed E-state index contributed by atoms with van der Waals surface area (Å²) in [5.74, 6) is 4.87. The van der Waals surface area contributed by atoms with E-state index in [9.17, 15) is 4.79 Å². The van der Waals surface area contributed by atoms with E-state index in [0.29, 0.717) is 6.42 Å². The summed E-state index contributed by atoms with van der Waals surface area (Å²) in [6, 6.07) is 0.219. The van der Waals surface area contributed by atoms with Gasteiger partial charge in [0.15, 0.2) is 0 Å². The molecule has 0 radical (unpaired) electrons. The second-order valence-electron chi connectivity index (χ2n) is 3.20. The van der Waals surface area contributed by atoms with Crippen LogP contribution in [0.1, 0.15) is 13.3 Å². The summed E-state index contributed by atoms with van der Waals surface area (Å²) in [5.41, 5.74) is 2.13. The smallest absolute Gasteiger partial charge is 0.235 e. The Morgan fingerprint density at radius 1 is 1.62 bits per heavy atom. The van der Waals surface area contributed by atoms with Gasteiger partial charge in [-0.15, -0.1) is 0 Å². The zero-order valence-electron chi connectivity index (χ0n) is 8.63. The van der Waals surface area contributed by atoms with Crippen LogP contribution in [0.2, 0.25) is 0 Å². The van der Waals surface area contributed by atoms with Gasteiger partial charge in [-0.2, -0.15) is 0 Å². The fourth-order valence-electron chi connectivity index (χ4n) is 0.992. The van der Waals surface area contributed by atoms with E-state index in [1.165, 1.54) is 0 Å². The minimum Gasteiger partial charge on any atom is -0.318 e. The van der Waals surface area contributed by atoms with Gasteiger partial charge in [0.2, 0.25) is 5.91 Å². The number of hydrazine groups is 1. The first-order chi connectivity index (χ1) is 6.11. The lowest BCUT2D eigenvalue weighted by atomic mass is 10.2. The van der Waals surface area contributed by atoms with Crippen molar-refractivity contribution in [3.63, 3.8) is 0 Å². The summed E-state index contributed by atoms with van der Waals surface area (Å²) in [4.78, 5) is 13.0. The van der Waals surface area contributed by atoms with E-state index in [1.807, 2.05) is 21.0 Å². The summed E-state index contributed by atoms with van der Waals surface area (Å²) in [5, 5.41) is 3.05. The molecule has 0 aliphatic heterocycles. The van der Waals surface area contributed by atoms with Gasteiger partial charge in [0, 0.05) is 25.6 Å². The van der Waals surface area contributed by atoms with Gasteiger partial charge in [0.25, 0.3) is 0 Å². The molecule has 78 valence electrons. The topological polar surface area (TPSA) is 70.4 Å². The second-order valence-corrected chi connectivity index (χ2v) is 3.20. The monoisotopic (exact) mass is 188 g/mol. The van der Waals surface area contributed by atoms with Gasteiger partial charge in [-0.3, -0.25) is 10.2 Å². The number of carbonyl (C=O) groups is 1. The molecule has 5 heteroatoms. The molecule has 0 aliphatic rings. The van der Waals surface area contributed by atoms with E-state index in [0.717, 1.165) is 13.1 Å². The summed E-state index contributed by atoms with van der Waals surface area (Å²) in [6.45, 7) is 3.85. The largest absolute Gasteiger partial charge is 0.318 e. The Balaban J connectivity index is 3.68. The predicted molar refractivity (Wildman–Crippen MR) is 53.0 cm³/mol. The van der Waals surface area contributed by atoms with Crippen molar-refractivity contribution in [2.75, 3.05) is 27.2 Å². The molecule has 4 N–H and O–H groups in total. The highest BCUT2D eigenvalue weighted by atomic mass is 16.2. The van der Waals surface area contributed by atoms with Crippen LogP contribution in [0.3, 0.4) is 0 Å². The van der Waals surface area contributed by atoms with E-state index in [4.69, 9.17) is 5.84 Å². The highest BCUT2D eigenvalue weighted by Crippen LogP contribution is 1.99. The third kappa shape index (κ3) is 5.57. The first kappa shape index (κ1) is 12.3. The number of nitrogens with one attached hydrogen (secondary N) is 2. The number of hydrogen-bond acceptors (Lipinski definition) is 4. The molecule has 13 heavy (non-hydrogen) atoms. The zero-order valence-corrected chi connectivity index (χ0v) is 8.63. The Morgan fingerprint density at radius 2 is 2.23 bits per heavy atom. The maximum atomic E-state index is 10.9. The minimum absolute atomic E-state index is 0.121. The molecule has 5 nitrogen and oxygen atoms in total. The molecular weight excluding hydrogens is 168 g/mol. The molecule has 1 atom stereocenters. The van der Waals surface area contributed by atoms with Crippen molar-refractivity contribution >= 4 is 5.91 Å². The molecule has 0 aromatic heterocycles. The maximum absolute atomic E-state index is 10.9. The lowest BCUT2D eigenvalue weighted by Gasteiger charge is -2.23. The normalized spacial score (nSPS) is 13.0. The molecule has 0 aromatic rings. The molecule has 0 bridgehead atoms. The van der Waals surface area contributed by atoms with Crippen molar-refractivity contribution in [2.45, 2.75) is 19.4 Å². The number of carbonyl (C=O) groups excluding carboxylic acids is 1. The maximum Gasteiger partial charge on any atom is 0.235 e. The van der Waals surface area contributed by atoms with Crippen LogP contribution in [0.25, 0.3) is 0 Å². The van der Waals surface area contributed by atoms with Crippen LogP contribution in [0, 0.1) is 0 Å². The average molecular weight is 188 g/mol. The standard InChI is InChI=1S/C8H20N4O/c1-7(6-8(13)11-9)12(3)5-4-10-2/h7,10H,4-6,9H2,1-3H3,(H,11,13). The molecule has 0 heterocycles. The molecule has 0 fully saturated rings. The van der Waals surface area contributed by atoms with E-state index >= 15 is 0 Å². The van der Waals surface area contributed by atoms with E-state index < -0.39 is 0 Å². The minimum atomic E-state index is -0.121. The van der Waals surface area contributed by atoms with Crippen molar-refractivity contribution in [1.29, 1.82) is 0 Å². The zero-order chi connectivity index (χ0) is 10.3. The van der Waals surface area contributed by atoms with E-state index in [2.05, 4.69) is 15.6 Å².